The number of nitro benzene ring substituents is 1. The summed E-state index contributed by atoms with van der Waals surface area (Å²) in [6, 6.07) is 9.29. The van der Waals surface area contributed by atoms with E-state index in [1.807, 2.05) is 0 Å². The van der Waals surface area contributed by atoms with Crippen LogP contribution in [0.4, 0.5) is 11.4 Å². The lowest BCUT2D eigenvalue weighted by Gasteiger charge is -1.98. The topological polar surface area (TPSA) is 97.0 Å². The summed E-state index contributed by atoms with van der Waals surface area (Å²) >= 11 is 9.31. The first-order chi connectivity index (χ1) is 11.5. The van der Waals surface area contributed by atoms with Crippen LogP contribution in [0, 0.1) is 10.1 Å². The largest absolute Gasteiger partial charge is 0.320 e. The molecule has 1 aliphatic heterocycles. The van der Waals surface area contributed by atoms with Crippen molar-refractivity contribution in [2.24, 2.45) is 10.2 Å². The third kappa shape index (κ3) is 3.19. The first-order valence-electron chi connectivity index (χ1n) is 6.62. The summed E-state index contributed by atoms with van der Waals surface area (Å²) in [5.74, 6) is -0.370. The summed E-state index contributed by atoms with van der Waals surface area (Å²) in [6.07, 6.45) is 1.27. The number of nitro groups is 1. The van der Waals surface area contributed by atoms with E-state index in [-0.39, 0.29) is 17.3 Å². The third-order valence-corrected chi connectivity index (χ3v) is 4.08. The minimum Gasteiger partial charge on any atom is -0.320 e. The molecular formula is C15H8BrClN4O3. The Morgan fingerprint density at radius 1 is 1.25 bits per heavy atom. The lowest BCUT2D eigenvalue weighted by molar-refractivity contribution is -0.384. The number of carbonyl (C=O) groups excluding carboxylic acids is 1. The third-order valence-electron chi connectivity index (χ3n) is 3.24. The first-order valence-corrected chi connectivity index (χ1v) is 7.79. The Labute approximate surface area is 149 Å². The lowest BCUT2D eigenvalue weighted by Crippen LogP contribution is -2.13. The van der Waals surface area contributed by atoms with Gasteiger partial charge in [0.1, 0.15) is 0 Å². The molecule has 0 saturated carbocycles. The number of hydrogen-bond acceptors (Lipinski definition) is 5. The van der Waals surface area contributed by atoms with Crippen molar-refractivity contribution in [3.63, 3.8) is 0 Å². The molecule has 0 saturated heterocycles. The molecule has 0 atom stereocenters. The smallest absolute Gasteiger partial charge is 0.276 e. The van der Waals surface area contributed by atoms with Gasteiger partial charge in [-0.25, -0.2) is 0 Å². The maximum atomic E-state index is 11.9. The molecule has 0 aliphatic carbocycles. The quantitative estimate of drug-likeness (QED) is 0.476. The van der Waals surface area contributed by atoms with E-state index >= 15 is 0 Å². The fraction of sp³-hybridized carbons (Fsp3) is 0. The molecular weight excluding hydrogens is 400 g/mol. The van der Waals surface area contributed by atoms with E-state index in [1.165, 1.54) is 24.4 Å². The number of halogens is 2. The molecule has 3 rings (SSSR count). The van der Waals surface area contributed by atoms with Crippen LogP contribution in [0.1, 0.15) is 11.1 Å². The van der Waals surface area contributed by atoms with Crippen LogP contribution in [0.2, 0.25) is 5.02 Å². The zero-order valence-corrected chi connectivity index (χ0v) is 14.2. The maximum Gasteiger partial charge on any atom is 0.276 e. The number of anilines is 1. The molecule has 0 radical (unpaired) electrons. The van der Waals surface area contributed by atoms with Gasteiger partial charge in [0.2, 0.25) is 0 Å². The van der Waals surface area contributed by atoms with Crippen LogP contribution >= 0.6 is 27.5 Å². The molecule has 1 aliphatic rings. The number of rotatable bonds is 3. The van der Waals surface area contributed by atoms with E-state index in [4.69, 9.17) is 11.6 Å². The molecule has 1 heterocycles. The minimum atomic E-state index is -0.530. The van der Waals surface area contributed by atoms with Crippen LogP contribution in [-0.4, -0.2) is 22.8 Å². The zero-order chi connectivity index (χ0) is 17.3. The van der Waals surface area contributed by atoms with Gasteiger partial charge in [-0.1, -0.05) is 27.5 Å². The van der Waals surface area contributed by atoms with E-state index < -0.39 is 4.92 Å². The molecule has 0 bridgehead atoms. The standard InChI is InChI=1S/C15H8BrClN4O3/c16-9-1-4-13-11(6-9)14(15(22)19-13)20-18-7-8-5-10(21(23)24)2-3-12(8)17/h1-7H,(H,19,20,22)/b18-7-. The predicted octanol–water partition coefficient (Wildman–Crippen LogP) is 3.79. The summed E-state index contributed by atoms with van der Waals surface area (Å²) in [5.41, 5.74) is 1.65. The number of carbonyl (C=O) groups is 1. The second-order valence-corrected chi connectivity index (χ2v) is 6.12. The minimum absolute atomic E-state index is 0.110. The highest BCUT2D eigenvalue weighted by atomic mass is 79.9. The lowest BCUT2D eigenvalue weighted by atomic mass is 10.1. The molecule has 1 N–H and O–H groups in total. The Morgan fingerprint density at radius 2 is 2.04 bits per heavy atom. The van der Waals surface area contributed by atoms with Crippen molar-refractivity contribution in [3.8, 4) is 0 Å². The van der Waals surface area contributed by atoms with Gasteiger partial charge in [-0.15, -0.1) is 5.10 Å². The van der Waals surface area contributed by atoms with Crippen molar-refractivity contribution in [2.75, 3.05) is 5.32 Å². The average molecular weight is 408 g/mol. The monoisotopic (exact) mass is 406 g/mol. The van der Waals surface area contributed by atoms with Gasteiger partial charge < -0.3 is 5.32 Å². The van der Waals surface area contributed by atoms with Crippen molar-refractivity contribution in [1.82, 2.24) is 0 Å². The highest BCUT2D eigenvalue weighted by Gasteiger charge is 2.26. The fourth-order valence-corrected chi connectivity index (χ4v) is 2.64. The van der Waals surface area contributed by atoms with E-state index in [0.29, 0.717) is 21.8 Å². The van der Waals surface area contributed by atoms with Gasteiger partial charge in [0.15, 0.2) is 5.71 Å². The molecule has 0 unspecified atom stereocenters. The van der Waals surface area contributed by atoms with Crippen LogP contribution in [0.3, 0.4) is 0 Å². The fourth-order valence-electron chi connectivity index (χ4n) is 2.12. The highest BCUT2D eigenvalue weighted by Crippen LogP contribution is 2.27. The first kappa shape index (κ1) is 16.3. The Morgan fingerprint density at radius 3 is 2.79 bits per heavy atom. The van der Waals surface area contributed by atoms with Crippen LogP contribution in [0.5, 0.6) is 0 Å². The summed E-state index contributed by atoms with van der Waals surface area (Å²) in [7, 11) is 0. The van der Waals surface area contributed by atoms with Crippen LogP contribution in [0.25, 0.3) is 0 Å². The van der Waals surface area contributed by atoms with Gasteiger partial charge in [0.05, 0.1) is 16.8 Å². The summed E-state index contributed by atoms with van der Waals surface area (Å²) in [4.78, 5) is 22.2. The molecule has 7 nitrogen and oxygen atoms in total. The highest BCUT2D eigenvalue weighted by molar-refractivity contribution is 9.10. The van der Waals surface area contributed by atoms with Gasteiger partial charge in [0.25, 0.3) is 11.6 Å². The molecule has 9 heteroatoms. The number of hydrogen-bond donors (Lipinski definition) is 1. The normalized spacial score (nSPS) is 14.9. The summed E-state index contributed by atoms with van der Waals surface area (Å²) in [5, 5.41) is 21.5. The molecule has 2 aromatic rings. The molecule has 0 spiro atoms. The van der Waals surface area contributed by atoms with Crippen molar-refractivity contribution >= 4 is 56.7 Å². The van der Waals surface area contributed by atoms with Gasteiger partial charge in [-0.3, -0.25) is 14.9 Å². The second-order valence-electron chi connectivity index (χ2n) is 4.80. The Kier molecular flexibility index (Phi) is 4.41. The predicted molar refractivity (Wildman–Crippen MR) is 95.0 cm³/mol. The van der Waals surface area contributed by atoms with Gasteiger partial charge in [-0.2, -0.15) is 5.10 Å². The van der Waals surface area contributed by atoms with E-state index in [9.17, 15) is 14.9 Å². The Hall–Kier alpha value is -2.58. The Balaban J connectivity index is 1.93. The van der Waals surface area contributed by atoms with Crippen molar-refractivity contribution in [2.45, 2.75) is 0 Å². The van der Waals surface area contributed by atoms with E-state index in [1.54, 1.807) is 18.2 Å². The summed E-state index contributed by atoms with van der Waals surface area (Å²) < 4.78 is 0.802. The number of non-ortho nitro benzene ring substituents is 1. The summed E-state index contributed by atoms with van der Waals surface area (Å²) in [6.45, 7) is 0. The second kappa shape index (κ2) is 6.50. The molecule has 2 aromatic carbocycles. The number of fused-ring (bicyclic) bond motifs is 1. The Bertz CT molecular complexity index is 927. The van der Waals surface area contributed by atoms with Gasteiger partial charge >= 0.3 is 0 Å². The van der Waals surface area contributed by atoms with Crippen LogP contribution in [-0.2, 0) is 4.79 Å². The van der Waals surface area contributed by atoms with Crippen molar-refractivity contribution < 1.29 is 9.72 Å². The zero-order valence-electron chi connectivity index (χ0n) is 11.9. The van der Waals surface area contributed by atoms with Crippen LogP contribution in [0.15, 0.2) is 51.1 Å². The number of amides is 1. The maximum absolute atomic E-state index is 11.9. The van der Waals surface area contributed by atoms with E-state index in [0.717, 1.165) is 4.47 Å². The number of nitrogens with zero attached hydrogens (tertiary/aromatic N) is 3. The molecule has 24 heavy (non-hydrogen) atoms. The van der Waals surface area contributed by atoms with Crippen molar-refractivity contribution in [3.05, 3.63) is 67.1 Å². The number of benzene rings is 2. The molecule has 0 aromatic heterocycles. The van der Waals surface area contributed by atoms with Crippen molar-refractivity contribution in [1.29, 1.82) is 0 Å². The SMILES string of the molecule is O=C1Nc2ccc(Br)cc2/C1=N\N=C/c1cc([N+](=O)[O-])ccc1Cl. The average Bonchev–Trinajstić information content (AvgIpc) is 2.84. The number of nitrogens with one attached hydrogen (secondary N) is 1. The molecule has 1 amide bonds. The van der Waals surface area contributed by atoms with Gasteiger partial charge in [0, 0.05) is 32.8 Å². The van der Waals surface area contributed by atoms with Crippen LogP contribution < -0.4 is 5.32 Å². The molecule has 0 fully saturated rings. The molecule has 120 valence electrons. The van der Waals surface area contributed by atoms with Gasteiger partial charge in [-0.05, 0) is 24.3 Å². The van der Waals surface area contributed by atoms with E-state index in [2.05, 4.69) is 31.4 Å².